The fourth-order valence-electron chi connectivity index (χ4n) is 1.93. The summed E-state index contributed by atoms with van der Waals surface area (Å²) in [5.74, 6) is 3.20. The van der Waals surface area contributed by atoms with Crippen molar-refractivity contribution in [3.05, 3.63) is 18.2 Å². The summed E-state index contributed by atoms with van der Waals surface area (Å²) >= 11 is 0. The predicted octanol–water partition coefficient (Wildman–Crippen LogP) is 1.87. The molecule has 1 aromatic carbocycles. The fraction of sp³-hybridized carbons (Fsp3) is 0.357. The van der Waals surface area contributed by atoms with Gasteiger partial charge in [-0.3, -0.25) is 4.79 Å². The van der Waals surface area contributed by atoms with E-state index in [9.17, 15) is 4.79 Å². The van der Waals surface area contributed by atoms with Gasteiger partial charge in [0.05, 0.1) is 25.4 Å². The molecule has 0 fully saturated rings. The molecule has 0 radical (unpaired) electrons. The van der Waals surface area contributed by atoms with Crippen LogP contribution in [0.15, 0.2) is 18.2 Å². The second-order valence-electron chi connectivity index (χ2n) is 4.11. The number of hydrogen-bond acceptors (Lipinski definition) is 3. The third-order valence-electron chi connectivity index (χ3n) is 2.69. The van der Waals surface area contributed by atoms with Gasteiger partial charge in [0.15, 0.2) is 0 Å². The van der Waals surface area contributed by atoms with Crippen LogP contribution in [0, 0.1) is 12.3 Å². The first kappa shape index (κ1) is 12.3. The minimum absolute atomic E-state index is 0.0645. The van der Waals surface area contributed by atoms with Crippen LogP contribution in [0.4, 0.5) is 11.4 Å². The summed E-state index contributed by atoms with van der Waals surface area (Å²) in [6, 6.07) is 5.70. The number of anilines is 2. The van der Waals surface area contributed by atoms with Crippen LogP contribution < -0.4 is 15.0 Å². The van der Waals surface area contributed by atoms with Crippen molar-refractivity contribution in [3.63, 3.8) is 0 Å². The Hall–Kier alpha value is -2.15. The normalized spacial score (nSPS) is 13.6. The molecule has 0 atom stereocenters. The van der Waals surface area contributed by atoms with Crippen molar-refractivity contribution in [1.29, 1.82) is 0 Å². The lowest BCUT2D eigenvalue weighted by Gasteiger charge is -2.30. The maximum absolute atomic E-state index is 11.7. The van der Waals surface area contributed by atoms with Crippen LogP contribution in [0.5, 0.6) is 5.75 Å². The van der Waals surface area contributed by atoms with Crippen molar-refractivity contribution in [1.82, 2.24) is 0 Å². The van der Waals surface area contributed by atoms with Gasteiger partial charge in [0.2, 0.25) is 5.91 Å². The summed E-state index contributed by atoms with van der Waals surface area (Å²) in [6.45, 7) is 3.37. The Morgan fingerprint density at radius 3 is 3.11 bits per heavy atom. The number of para-hydroxylation sites is 1. The van der Waals surface area contributed by atoms with Gasteiger partial charge in [0.1, 0.15) is 11.4 Å². The molecule has 1 aliphatic rings. The molecule has 1 N–H and O–H groups in total. The van der Waals surface area contributed by atoms with Crippen molar-refractivity contribution in [2.45, 2.75) is 13.3 Å². The van der Waals surface area contributed by atoms with Gasteiger partial charge in [-0.2, -0.15) is 0 Å². The van der Waals surface area contributed by atoms with Crippen LogP contribution in [-0.4, -0.2) is 25.6 Å². The van der Waals surface area contributed by atoms with Gasteiger partial charge < -0.3 is 15.0 Å². The van der Waals surface area contributed by atoms with E-state index in [1.54, 1.807) is 0 Å². The van der Waals surface area contributed by atoms with E-state index in [0.29, 0.717) is 18.9 Å². The molecular weight excluding hydrogens is 228 g/mol. The minimum atomic E-state index is -0.0645. The Balaban J connectivity index is 2.35. The van der Waals surface area contributed by atoms with Gasteiger partial charge in [0.25, 0.3) is 0 Å². The van der Waals surface area contributed by atoms with Crippen molar-refractivity contribution in [2.75, 3.05) is 29.9 Å². The largest absolute Gasteiger partial charge is 0.491 e. The molecule has 1 aromatic rings. The highest BCUT2D eigenvalue weighted by Crippen LogP contribution is 2.37. The van der Waals surface area contributed by atoms with Crippen molar-refractivity contribution < 1.29 is 9.53 Å². The smallest absolute Gasteiger partial charge is 0.244 e. The molecule has 0 saturated carbocycles. The van der Waals surface area contributed by atoms with Gasteiger partial charge in [-0.25, -0.2) is 0 Å². The molecule has 1 heterocycles. The number of fused-ring (bicyclic) bond motifs is 1. The van der Waals surface area contributed by atoms with E-state index in [2.05, 4.69) is 11.2 Å². The Morgan fingerprint density at radius 1 is 1.56 bits per heavy atom. The molecule has 1 aliphatic heterocycles. The molecule has 18 heavy (non-hydrogen) atoms. The second-order valence-corrected chi connectivity index (χ2v) is 4.11. The Morgan fingerprint density at radius 2 is 2.39 bits per heavy atom. The van der Waals surface area contributed by atoms with E-state index in [0.717, 1.165) is 17.8 Å². The molecule has 0 bridgehead atoms. The SMILES string of the molecule is C#CCN1CC(=O)Nc2c(OCCC)cccc21. The lowest BCUT2D eigenvalue weighted by atomic mass is 10.1. The molecule has 0 saturated heterocycles. The van der Waals surface area contributed by atoms with Crippen LogP contribution in [0.3, 0.4) is 0 Å². The summed E-state index contributed by atoms with van der Waals surface area (Å²) in [4.78, 5) is 13.5. The molecule has 0 unspecified atom stereocenters. The molecule has 1 amide bonds. The number of nitrogens with one attached hydrogen (secondary N) is 1. The second kappa shape index (κ2) is 5.46. The first-order chi connectivity index (χ1) is 8.76. The molecular formula is C14H16N2O2. The third-order valence-corrected chi connectivity index (χ3v) is 2.69. The van der Waals surface area contributed by atoms with Gasteiger partial charge in [-0.15, -0.1) is 6.42 Å². The Bertz CT molecular complexity index is 491. The van der Waals surface area contributed by atoms with E-state index in [-0.39, 0.29) is 12.5 Å². The van der Waals surface area contributed by atoms with Crippen LogP contribution >= 0.6 is 0 Å². The van der Waals surface area contributed by atoms with E-state index >= 15 is 0 Å². The molecule has 0 spiro atoms. The summed E-state index contributed by atoms with van der Waals surface area (Å²) in [6.07, 6.45) is 6.25. The van der Waals surface area contributed by atoms with Gasteiger partial charge in [0, 0.05) is 0 Å². The number of terminal acetylenes is 1. The predicted molar refractivity (Wildman–Crippen MR) is 71.9 cm³/mol. The van der Waals surface area contributed by atoms with Crippen molar-refractivity contribution in [2.24, 2.45) is 0 Å². The number of ether oxygens (including phenoxy) is 1. The molecule has 94 valence electrons. The molecule has 4 nitrogen and oxygen atoms in total. The number of carbonyl (C=O) groups excluding carboxylic acids is 1. The van der Waals surface area contributed by atoms with Gasteiger partial charge >= 0.3 is 0 Å². The first-order valence-corrected chi connectivity index (χ1v) is 6.00. The van der Waals surface area contributed by atoms with Crippen LogP contribution in [0.2, 0.25) is 0 Å². The highest BCUT2D eigenvalue weighted by Gasteiger charge is 2.23. The van der Waals surface area contributed by atoms with Crippen molar-refractivity contribution in [3.8, 4) is 18.1 Å². The summed E-state index contributed by atoms with van der Waals surface area (Å²) in [5.41, 5.74) is 1.64. The van der Waals surface area contributed by atoms with Crippen LogP contribution in [-0.2, 0) is 4.79 Å². The van der Waals surface area contributed by atoms with E-state index in [1.165, 1.54) is 0 Å². The maximum atomic E-state index is 11.7. The zero-order valence-corrected chi connectivity index (χ0v) is 10.4. The summed E-state index contributed by atoms with van der Waals surface area (Å²) < 4.78 is 5.64. The average Bonchev–Trinajstić information content (AvgIpc) is 2.36. The number of hydrogen-bond donors (Lipinski definition) is 1. The summed E-state index contributed by atoms with van der Waals surface area (Å²) in [5, 5.41) is 2.85. The highest BCUT2D eigenvalue weighted by atomic mass is 16.5. The Kier molecular flexibility index (Phi) is 3.73. The fourth-order valence-corrected chi connectivity index (χ4v) is 1.93. The number of nitrogens with zero attached hydrogens (tertiary/aromatic N) is 1. The zero-order chi connectivity index (χ0) is 13.0. The van der Waals surface area contributed by atoms with Crippen LogP contribution in [0.25, 0.3) is 0 Å². The van der Waals surface area contributed by atoms with Gasteiger partial charge in [-0.1, -0.05) is 18.9 Å². The topological polar surface area (TPSA) is 41.6 Å². The van der Waals surface area contributed by atoms with Gasteiger partial charge in [-0.05, 0) is 18.6 Å². The molecule has 0 aliphatic carbocycles. The monoisotopic (exact) mass is 244 g/mol. The third kappa shape index (κ3) is 2.40. The Labute approximate surface area is 107 Å². The minimum Gasteiger partial charge on any atom is -0.491 e. The quantitative estimate of drug-likeness (QED) is 0.822. The number of rotatable bonds is 4. The number of benzene rings is 1. The average molecular weight is 244 g/mol. The first-order valence-electron chi connectivity index (χ1n) is 6.00. The standard InChI is InChI=1S/C14H16N2O2/c1-3-8-16-10-13(17)15-14-11(16)6-5-7-12(14)18-9-4-2/h1,5-7H,4,8-10H2,2H3,(H,15,17). The highest BCUT2D eigenvalue weighted by molar-refractivity contribution is 6.03. The number of carbonyl (C=O) groups is 1. The molecule has 2 rings (SSSR count). The zero-order valence-electron chi connectivity index (χ0n) is 10.4. The molecule has 4 heteroatoms. The lowest BCUT2D eigenvalue weighted by molar-refractivity contribution is -0.115. The van der Waals surface area contributed by atoms with Crippen LogP contribution in [0.1, 0.15) is 13.3 Å². The number of amides is 1. The van der Waals surface area contributed by atoms with Crippen molar-refractivity contribution >= 4 is 17.3 Å². The van der Waals surface area contributed by atoms with E-state index < -0.39 is 0 Å². The lowest BCUT2D eigenvalue weighted by Crippen LogP contribution is -2.38. The molecule has 0 aromatic heterocycles. The van der Waals surface area contributed by atoms with E-state index in [4.69, 9.17) is 11.2 Å². The van der Waals surface area contributed by atoms with E-state index in [1.807, 2.05) is 30.0 Å². The summed E-state index contributed by atoms with van der Waals surface area (Å²) in [7, 11) is 0. The maximum Gasteiger partial charge on any atom is 0.244 e.